The molecular weight excluding hydrogens is 685 g/mol. The Morgan fingerprint density at radius 2 is 0.945 bits per heavy atom. The van der Waals surface area contributed by atoms with E-state index in [1.54, 1.807) is 0 Å². The van der Waals surface area contributed by atoms with Gasteiger partial charge in [-0.2, -0.15) is 0 Å². The van der Waals surface area contributed by atoms with Crippen molar-refractivity contribution in [3.63, 3.8) is 0 Å². The number of hydrogen-bond donors (Lipinski definition) is 0. The first-order valence-electron chi connectivity index (χ1n) is 20.5. The maximum Gasteiger partial charge on any atom is 0.261 e. The van der Waals surface area contributed by atoms with Gasteiger partial charge in [0.2, 0.25) is 0 Å². The number of hydrogen-bond acceptors (Lipinski definition) is 5. The van der Waals surface area contributed by atoms with Crippen molar-refractivity contribution in [3.8, 4) is 5.75 Å². The summed E-state index contributed by atoms with van der Waals surface area (Å²) in [6, 6.07) is 23.1. The van der Waals surface area contributed by atoms with Crippen molar-refractivity contribution in [1.29, 1.82) is 0 Å². The van der Waals surface area contributed by atoms with Crippen LogP contribution < -0.4 is 4.74 Å². The molecule has 0 N–H and O–H groups in total. The van der Waals surface area contributed by atoms with E-state index >= 15 is 0 Å². The second kappa shape index (κ2) is 15.4. The fourth-order valence-corrected chi connectivity index (χ4v) is 8.86. The van der Waals surface area contributed by atoms with E-state index in [1.165, 1.54) is 54.7 Å². The number of rotatable bonds is 17. The van der Waals surface area contributed by atoms with Crippen LogP contribution >= 0.6 is 0 Å². The van der Waals surface area contributed by atoms with Gasteiger partial charge in [0.15, 0.2) is 0 Å². The van der Waals surface area contributed by atoms with E-state index in [0.717, 1.165) is 69.3 Å². The van der Waals surface area contributed by atoms with Crippen molar-refractivity contribution in [2.24, 2.45) is 0 Å². The highest BCUT2D eigenvalue weighted by molar-refractivity contribution is 6.41. The van der Waals surface area contributed by atoms with E-state index in [9.17, 15) is 19.2 Å². The number of imide groups is 2. The summed E-state index contributed by atoms with van der Waals surface area (Å²) in [6.45, 7) is 7.03. The van der Waals surface area contributed by atoms with Gasteiger partial charge in [0.1, 0.15) is 5.75 Å². The van der Waals surface area contributed by atoms with Crippen LogP contribution in [0.5, 0.6) is 5.75 Å². The molecule has 55 heavy (non-hydrogen) atoms. The predicted octanol–water partition coefficient (Wildman–Crippen LogP) is 11.3. The Morgan fingerprint density at radius 3 is 1.40 bits per heavy atom. The third-order valence-electron chi connectivity index (χ3n) is 12.0. The number of carbonyl (C=O) groups excluding carboxylic acids is 4. The van der Waals surface area contributed by atoms with E-state index in [2.05, 4.69) is 13.8 Å². The number of carbonyl (C=O) groups is 4. The van der Waals surface area contributed by atoms with Crippen LogP contribution in [0, 0.1) is 0 Å². The fourth-order valence-electron chi connectivity index (χ4n) is 8.86. The molecule has 4 amide bonds. The number of unbranched alkanes of at least 4 members (excludes halogenated alkanes) is 9. The number of benzene rings is 6. The lowest BCUT2D eigenvalue weighted by Gasteiger charge is -2.30. The van der Waals surface area contributed by atoms with Crippen molar-refractivity contribution < 1.29 is 23.9 Å². The summed E-state index contributed by atoms with van der Waals surface area (Å²) in [7, 11) is 0. The largest absolute Gasteiger partial charge is 0.491 e. The molecule has 0 spiro atoms. The van der Waals surface area contributed by atoms with Crippen LogP contribution in [0.4, 0.5) is 0 Å². The number of ether oxygens (including phenoxy) is 1. The van der Waals surface area contributed by atoms with Crippen LogP contribution in [0.15, 0.2) is 72.8 Å². The molecule has 6 aromatic rings. The summed E-state index contributed by atoms with van der Waals surface area (Å²) in [5.74, 6) is -0.298. The van der Waals surface area contributed by atoms with Gasteiger partial charge in [-0.15, -0.1) is 0 Å². The Kier molecular flexibility index (Phi) is 10.3. The molecule has 0 saturated carbocycles. The average molecular weight is 735 g/mol. The van der Waals surface area contributed by atoms with Crippen LogP contribution in [0.2, 0.25) is 0 Å². The molecule has 7 heteroatoms. The highest BCUT2D eigenvalue weighted by Gasteiger charge is 2.36. The molecule has 1 atom stereocenters. The molecule has 0 bridgehead atoms. The molecule has 0 unspecified atom stereocenters. The maximum absolute atomic E-state index is 14.1. The second-order valence-electron chi connectivity index (χ2n) is 15.6. The Bertz CT molecular complexity index is 2350. The molecular formula is C48H50N2O5. The van der Waals surface area contributed by atoms with E-state index in [1.807, 2.05) is 79.7 Å². The van der Waals surface area contributed by atoms with Crippen LogP contribution in [-0.2, 0) is 6.42 Å². The third-order valence-corrected chi connectivity index (χ3v) is 12.0. The topological polar surface area (TPSA) is 84.0 Å². The zero-order valence-electron chi connectivity index (χ0n) is 32.3. The van der Waals surface area contributed by atoms with Crippen LogP contribution in [-0.4, -0.2) is 52.6 Å². The lowest BCUT2D eigenvalue weighted by atomic mass is 9.82. The lowest BCUT2D eigenvalue weighted by Crippen LogP contribution is -2.41. The number of nitrogens with zero attached hydrogens (tertiary/aromatic N) is 2. The molecule has 6 aromatic carbocycles. The SMILES string of the molecule is CCCCCCCCCCCCN1C(=O)c2ccc3c4ccc5c6c(ccc(c7ccc(c2c37)C1=O)c64)C(=O)N(CCc1cccc(O[C@@H](C)CC)c1)C5=O. The lowest BCUT2D eigenvalue weighted by molar-refractivity contribution is 0.0594. The Labute approximate surface area is 322 Å². The summed E-state index contributed by atoms with van der Waals surface area (Å²) in [5.41, 5.74) is 3.11. The summed E-state index contributed by atoms with van der Waals surface area (Å²) in [4.78, 5) is 58.8. The van der Waals surface area contributed by atoms with E-state index in [0.29, 0.717) is 46.0 Å². The Morgan fingerprint density at radius 1 is 0.509 bits per heavy atom. The van der Waals surface area contributed by atoms with Gasteiger partial charge in [-0.3, -0.25) is 29.0 Å². The molecule has 0 fully saturated rings. The molecule has 2 aliphatic rings. The zero-order valence-corrected chi connectivity index (χ0v) is 32.3. The van der Waals surface area contributed by atoms with E-state index in [4.69, 9.17) is 4.74 Å². The molecule has 282 valence electrons. The van der Waals surface area contributed by atoms with Crippen molar-refractivity contribution in [2.45, 2.75) is 104 Å². The van der Waals surface area contributed by atoms with Gasteiger partial charge in [-0.1, -0.05) is 108 Å². The average Bonchev–Trinajstić information content (AvgIpc) is 3.20. The van der Waals surface area contributed by atoms with Crippen LogP contribution in [0.3, 0.4) is 0 Å². The van der Waals surface area contributed by atoms with Crippen molar-refractivity contribution in [3.05, 3.63) is 101 Å². The highest BCUT2D eigenvalue weighted by Crippen LogP contribution is 2.46. The van der Waals surface area contributed by atoms with Gasteiger partial charge in [-0.05, 0) is 100 Å². The van der Waals surface area contributed by atoms with Gasteiger partial charge < -0.3 is 4.74 Å². The minimum Gasteiger partial charge on any atom is -0.491 e. The predicted molar refractivity (Wildman–Crippen MR) is 221 cm³/mol. The minimum atomic E-state index is -0.303. The standard InChI is InChI=1S/C48H50N2O5/c1-4-6-7-8-9-10-11-12-13-14-27-49-45(51)37-22-18-33-35-20-24-39-44-40(25-21-36(42(35)44)34-19-23-38(46(49)52)43(37)41(33)34)48(54)50(47(39)53)28-26-31-16-15-17-32(29-31)55-30(3)5-2/h15-25,29-30H,4-14,26-28H2,1-3H3/t30-/m0/s1. The zero-order chi connectivity index (χ0) is 38.2. The molecule has 0 aromatic heterocycles. The Balaban J connectivity index is 1.06. The second-order valence-corrected chi connectivity index (χ2v) is 15.6. The maximum atomic E-state index is 14.1. The normalized spacial score (nSPS) is 14.7. The summed E-state index contributed by atoms with van der Waals surface area (Å²) < 4.78 is 6.00. The van der Waals surface area contributed by atoms with Gasteiger partial charge in [-0.25, -0.2) is 0 Å². The summed E-state index contributed by atoms with van der Waals surface area (Å²) >= 11 is 0. The first-order valence-corrected chi connectivity index (χ1v) is 20.5. The smallest absolute Gasteiger partial charge is 0.261 e. The molecule has 0 saturated heterocycles. The fraction of sp³-hybridized carbons (Fsp3) is 0.375. The molecule has 2 heterocycles. The summed E-state index contributed by atoms with van der Waals surface area (Å²) in [5, 5.41) is 6.69. The third kappa shape index (κ3) is 6.51. The molecule has 0 radical (unpaired) electrons. The molecule has 0 aliphatic carbocycles. The van der Waals surface area contributed by atoms with Crippen LogP contribution in [0.25, 0.3) is 43.1 Å². The van der Waals surface area contributed by atoms with E-state index < -0.39 is 0 Å². The van der Waals surface area contributed by atoms with E-state index in [-0.39, 0.29) is 36.3 Å². The highest BCUT2D eigenvalue weighted by atomic mass is 16.5. The summed E-state index contributed by atoms with van der Waals surface area (Å²) in [6.07, 6.45) is 13.4. The first-order chi connectivity index (χ1) is 26.8. The number of fused-ring (bicyclic) bond motifs is 2. The first kappa shape index (κ1) is 36.7. The molecule has 7 nitrogen and oxygen atoms in total. The van der Waals surface area contributed by atoms with Gasteiger partial charge in [0.25, 0.3) is 23.6 Å². The van der Waals surface area contributed by atoms with Crippen LogP contribution in [0.1, 0.15) is 138 Å². The van der Waals surface area contributed by atoms with Crippen molar-refractivity contribution >= 4 is 66.7 Å². The monoisotopic (exact) mass is 734 g/mol. The van der Waals surface area contributed by atoms with Crippen molar-refractivity contribution in [1.82, 2.24) is 9.80 Å². The Hall–Kier alpha value is -5.30. The molecule has 8 rings (SSSR count). The van der Waals surface area contributed by atoms with Gasteiger partial charge in [0.05, 0.1) is 6.10 Å². The number of amides is 4. The van der Waals surface area contributed by atoms with Gasteiger partial charge >= 0.3 is 0 Å². The van der Waals surface area contributed by atoms with Gasteiger partial charge in [0, 0.05) is 46.1 Å². The quantitative estimate of drug-likeness (QED) is 0.0403. The minimum absolute atomic E-state index is 0.0957. The molecule has 2 aliphatic heterocycles. The van der Waals surface area contributed by atoms with Crippen molar-refractivity contribution in [2.75, 3.05) is 13.1 Å².